The number of benzene rings is 3. The van der Waals surface area contributed by atoms with Crippen molar-refractivity contribution in [1.29, 1.82) is 0 Å². The number of rotatable bonds is 7. The van der Waals surface area contributed by atoms with Crippen molar-refractivity contribution in [2.24, 2.45) is 0 Å². The largest absolute Gasteiger partial charge is 0.495 e. The molecule has 1 saturated heterocycles. The summed E-state index contributed by atoms with van der Waals surface area (Å²) in [6, 6.07) is 22.3. The second kappa shape index (κ2) is 11.0. The zero-order valence-electron chi connectivity index (χ0n) is 21.7. The molecule has 3 aromatic carbocycles. The second-order valence-corrected chi connectivity index (χ2v) is 11.5. The fraction of sp³-hybridized carbons (Fsp3) is 0.345. The van der Waals surface area contributed by atoms with E-state index in [0.717, 1.165) is 5.56 Å². The lowest BCUT2D eigenvalue weighted by atomic mass is 10.0. The third-order valence-electron chi connectivity index (χ3n) is 7.22. The van der Waals surface area contributed by atoms with Gasteiger partial charge in [-0.15, -0.1) is 0 Å². The highest BCUT2D eigenvalue weighted by Gasteiger charge is 2.31. The lowest BCUT2D eigenvalue weighted by molar-refractivity contribution is -0.138. The number of nitrogens with zero attached hydrogens (tertiary/aromatic N) is 3. The number of fused-ring (bicyclic) bond motifs is 1. The van der Waals surface area contributed by atoms with Gasteiger partial charge in [-0.05, 0) is 54.8 Å². The maximum absolute atomic E-state index is 13.6. The number of piperazine rings is 1. The van der Waals surface area contributed by atoms with Crippen molar-refractivity contribution in [3.8, 4) is 11.5 Å². The average Bonchev–Trinajstić information content (AvgIpc) is 2.96. The van der Waals surface area contributed by atoms with Crippen LogP contribution < -0.4 is 14.4 Å². The molecule has 2 aliphatic rings. The Kier molecular flexibility index (Phi) is 7.58. The number of sulfonamides is 1. The van der Waals surface area contributed by atoms with Crippen molar-refractivity contribution in [3.63, 3.8) is 0 Å². The van der Waals surface area contributed by atoms with Gasteiger partial charge in [-0.3, -0.25) is 4.79 Å². The maximum Gasteiger partial charge on any atom is 0.263 e. The fourth-order valence-electron chi connectivity index (χ4n) is 5.08. The van der Waals surface area contributed by atoms with Crippen LogP contribution in [0.1, 0.15) is 18.1 Å². The van der Waals surface area contributed by atoms with Crippen LogP contribution in [0.25, 0.3) is 0 Å². The quantitative estimate of drug-likeness (QED) is 0.461. The Bertz CT molecular complexity index is 1390. The highest BCUT2D eigenvalue weighted by Crippen LogP contribution is 2.34. The number of carbonyl (C=O) groups excluding carboxylic acids is 1. The van der Waals surface area contributed by atoms with Crippen molar-refractivity contribution in [1.82, 2.24) is 9.21 Å². The molecule has 38 heavy (non-hydrogen) atoms. The molecule has 0 spiro atoms. The molecule has 0 N–H and O–H groups in total. The molecule has 2 aliphatic heterocycles. The predicted molar refractivity (Wildman–Crippen MR) is 146 cm³/mol. The van der Waals surface area contributed by atoms with Crippen LogP contribution in [0.15, 0.2) is 77.7 Å². The zero-order valence-corrected chi connectivity index (χ0v) is 22.6. The molecular formula is C29H33N3O5S. The third-order valence-corrected chi connectivity index (χ3v) is 9.06. The third kappa shape index (κ3) is 5.35. The van der Waals surface area contributed by atoms with E-state index in [9.17, 15) is 13.2 Å². The van der Waals surface area contributed by atoms with Gasteiger partial charge in [0.15, 0.2) is 6.10 Å². The molecule has 1 amide bonds. The summed E-state index contributed by atoms with van der Waals surface area (Å²) in [6.07, 6.45) is 0.0995. The van der Waals surface area contributed by atoms with Gasteiger partial charge in [-0.1, -0.05) is 42.5 Å². The summed E-state index contributed by atoms with van der Waals surface area (Å²) in [5, 5.41) is 0. The van der Waals surface area contributed by atoms with Gasteiger partial charge in [0.2, 0.25) is 10.0 Å². The Balaban J connectivity index is 1.28. The number of hydrogen-bond donors (Lipinski definition) is 0. The summed E-state index contributed by atoms with van der Waals surface area (Å²) in [5.41, 5.74) is 2.96. The van der Waals surface area contributed by atoms with Gasteiger partial charge < -0.3 is 19.3 Å². The molecule has 2 heterocycles. The van der Waals surface area contributed by atoms with Gasteiger partial charge in [-0.25, -0.2) is 8.42 Å². The van der Waals surface area contributed by atoms with E-state index in [1.54, 1.807) is 41.4 Å². The van der Waals surface area contributed by atoms with Crippen LogP contribution in [0.5, 0.6) is 11.5 Å². The van der Waals surface area contributed by atoms with Crippen LogP contribution in [0, 0.1) is 0 Å². The first kappa shape index (κ1) is 26.1. The molecule has 9 heteroatoms. The van der Waals surface area contributed by atoms with Crippen LogP contribution in [0.2, 0.25) is 0 Å². The summed E-state index contributed by atoms with van der Waals surface area (Å²) in [5.74, 6) is 1.20. The van der Waals surface area contributed by atoms with Crippen molar-refractivity contribution < 1.29 is 22.7 Å². The van der Waals surface area contributed by atoms with Gasteiger partial charge >= 0.3 is 0 Å². The standard InChI is InChI=1S/C29H33N3O5S/c1-22(37-25-10-4-3-5-11-25)29(33)31-18-16-30(17-19-31)27-20-26(12-13-28(27)36-2)38(34,35)32-15-14-23-8-6-7-9-24(23)21-32/h3-13,20,22H,14-19,21H2,1-2H3/t22-/m1/s1. The van der Waals surface area contributed by atoms with Gasteiger partial charge in [0, 0.05) is 39.3 Å². The Labute approximate surface area is 224 Å². The maximum atomic E-state index is 13.6. The van der Waals surface area contributed by atoms with Crippen LogP contribution in [-0.4, -0.2) is 69.5 Å². The highest BCUT2D eigenvalue weighted by molar-refractivity contribution is 7.89. The molecule has 0 aliphatic carbocycles. The van der Waals surface area contributed by atoms with E-state index in [1.807, 2.05) is 48.5 Å². The number of anilines is 1. The Hall–Kier alpha value is -3.56. The number of ether oxygens (including phenoxy) is 2. The monoisotopic (exact) mass is 535 g/mol. The van der Waals surface area contributed by atoms with Crippen molar-refractivity contribution >= 4 is 21.6 Å². The van der Waals surface area contributed by atoms with E-state index in [2.05, 4.69) is 11.0 Å². The molecule has 1 atom stereocenters. The van der Waals surface area contributed by atoms with Gasteiger partial charge in [0.1, 0.15) is 11.5 Å². The smallest absolute Gasteiger partial charge is 0.263 e. The molecule has 0 radical (unpaired) electrons. The van der Waals surface area contributed by atoms with Crippen LogP contribution >= 0.6 is 0 Å². The SMILES string of the molecule is COc1ccc(S(=O)(=O)N2CCc3ccccc3C2)cc1N1CCN(C(=O)[C@@H](C)Oc2ccccc2)CC1. The van der Waals surface area contributed by atoms with Gasteiger partial charge in [0.05, 0.1) is 17.7 Å². The summed E-state index contributed by atoms with van der Waals surface area (Å²) < 4.78 is 40.1. The van der Waals surface area contributed by atoms with E-state index in [0.29, 0.717) is 62.9 Å². The van der Waals surface area contributed by atoms with Gasteiger partial charge in [-0.2, -0.15) is 4.31 Å². The number of hydrogen-bond acceptors (Lipinski definition) is 6. The minimum absolute atomic E-state index is 0.0674. The van der Waals surface area contributed by atoms with E-state index >= 15 is 0 Å². The van der Waals surface area contributed by atoms with E-state index in [-0.39, 0.29) is 10.8 Å². The molecule has 0 saturated carbocycles. The molecule has 1 fully saturated rings. The Morgan fingerprint density at radius 2 is 1.55 bits per heavy atom. The molecule has 0 bridgehead atoms. The van der Waals surface area contributed by atoms with Crippen molar-refractivity contribution in [2.45, 2.75) is 30.9 Å². The molecule has 200 valence electrons. The average molecular weight is 536 g/mol. The number of carbonyl (C=O) groups is 1. The predicted octanol–water partition coefficient (Wildman–Crippen LogP) is 3.56. The molecule has 8 nitrogen and oxygen atoms in total. The topological polar surface area (TPSA) is 79.4 Å². The first-order valence-electron chi connectivity index (χ1n) is 12.9. The zero-order chi connectivity index (χ0) is 26.7. The highest BCUT2D eigenvalue weighted by atomic mass is 32.2. The lowest BCUT2D eigenvalue weighted by Crippen LogP contribution is -2.52. The molecule has 0 aromatic heterocycles. The Morgan fingerprint density at radius 1 is 0.868 bits per heavy atom. The minimum atomic E-state index is -3.69. The molecule has 5 rings (SSSR count). The number of methoxy groups -OCH3 is 1. The van der Waals surface area contributed by atoms with Crippen LogP contribution in [0.3, 0.4) is 0 Å². The summed E-state index contributed by atoms with van der Waals surface area (Å²) in [4.78, 5) is 17.1. The van der Waals surface area contributed by atoms with E-state index in [1.165, 1.54) is 5.56 Å². The van der Waals surface area contributed by atoms with Crippen molar-refractivity contribution in [3.05, 3.63) is 83.9 Å². The first-order chi connectivity index (χ1) is 18.4. The fourth-order valence-corrected chi connectivity index (χ4v) is 6.52. The van der Waals surface area contributed by atoms with Crippen molar-refractivity contribution in [2.75, 3.05) is 44.7 Å². The number of amides is 1. The normalized spacial score (nSPS) is 17.0. The van der Waals surface area contributed by atoms with E-state index < -0.39 is 16.1 Å². The minimum Gasteiger partial charge on any atom is -0.495 e. The summed E-state index contributed by atoms with van der Waals surface area (Å²) in [7, 11) is -2.11. The van der Waals surface area contributed by atoms with Gasteiger partial charge in [0.25, 0.3) is 5.91 Å². The molecular weight excluding hydrogens is 502 g/mol. The molecule has 0 unspecified atom stereocenters. The lowest BCUT2D eigenvalue weighted by Gasteiger charge is -2.37. The molecule has 3 aromatic rings. The Morgan fingerprint density at radius 3 is 2.26 bits per heavy atom. The number of para-hydroxylation sites is 1. The van der Waals surface area contributed by atoms with Crippen LogP contribution in [-0.2, 0) is 27.8 Å². The first-order valence-corrected chi connectivity index (χ1v) is 14.3. The summed E-state index contributed by atoms with van der Waals surface area (Å²) >= 11 is 0. The van der Waals surface area contributed by atoms with E-state index in [4.69, 9.17) is 9.47 Å². The second-order valence-electron chi connectivity index (χ2n) is 9.58. The summed E-state index contributed by atoms with van der Waals surface area (Å²) in [6.45, 7) is 4.70. The van der Waals surface area contributed by atoms with Crippen LogP contribution in [0.4, 0.5) is 5.69 Å².